The molecule has 0 saturated carbocycles. The van der Waals surface area contributed by atoms with Crippen LogP contribution < -0.4 is 5.64 Å². The maximum Gasteiger partial charge on any atom is 0.204 e. The lowest BCUT2D eigenvalue weighted by molar-refractivity contribution is 0.473. The minimum atomic E-state index is 0.319. The van der Waals surface area contributed by atoms with Gasteiger partial charge in [-0.05, 0) is 11.2 Å². The second-order valence-electron chi connectivity index (χ2n) is 3.35. The fourth-order valence-corrected chi connectivity index (χ4v) is 0.236. The Hall–Kier alpha value is 0.0249. The molecule has 0 aliphatic rings. The standard InChI is InChI=1S/C6H16BN/c1-5(2)6(3,4)7-8/h5,7H,8H2,1-4H3. The smallest absolute Gasteiger partial charge is 0.204 e. The lowest BCUT2D eigenvalue weighted by Gasteiger charge is -2.25. The molecule has 1 nitrogen and oxygen atoms in total. The Balaban J connectivity index is 3.71. The van der Waals surface area contributed by atoms with Gasteiger partial charge >= 0.3 is 0 Å². The van der Waals surface area contributed by atoms with Gasteiger partial charge < -0.3 is 5.64 Å². The van der Waals surface area contributed by atoms with Crippen molar-refractivity contribution in [3.63, 3.8) is 0 Å². The van der Waals surface area contributed by atoms with E-state index in [1.165, 1.54) is 0 Å². The molecule has 0 amide bonds. The molecule has 0 radical (unpaired) electrons. The predicted octanol–water partition coefficient (Wildman–Crippen LogP) is 1.15. The molecular weight excluding hydrogens is 96.9 g/mol. The van der Waals surface area contributed by atoms with Crippen molar-refractivity contribution in [2.75, 3.05) is 0 Å². The van der Waals surface area contributed by atoms with Crippen LogP contribution in [-0.4, -0.2) is 7.41 Å². The van der Waals surface area contributed by atoms with Crippen LogP contribution in [0.2, 0.25) is 5.31 Å². The molecule has 0 spiro atoms. The summed E-state index contributed by atoms with van der Waals surface area (Å²) in [5.41, 5.74) is 5.51. The van der Waals surface area contributed by atoms with Gasteiger partial charge in [0.25, 0.3) is 0 Å². The van der Waals surface area contributed by atoms with Crippen molar-refractivity contribution in [2.45, 2.75) is 33.0 Å². The van der Waals surface area contributed by atoms with E-state index in [9.17, 15) is 0 Å². The monoisotopic (exact) mass is 113 g/mol. The van der Waals surface area contributed by atoms with Gasteiger partial charge in [0.2, 0.25) is 7.41 Å². The first-order valence-corrected chi connectivity index (χ1v) is 3.21. The quantitative estimate of drug-likeness (QED) is 0.534. The summed E-state index contributed by atoms with van der Waals surface area (Å²) >= 11 is 0. The molecule has 0 aliphatic carbocycles. The molecule has 0 atom stereocenters. The van der Waals surface area contributed by atoms with Crippen LogP contribution in [0.15, 0.2) is 0 Å². The molecule has 0 rings (SSSR count). The highest BCUT2D eigenvalue weighted by Gasteiger charge is 2.20. The van der Waals surface area contributed by atoms with E-state index in [2.05, 4.69) is 27.7 Å². The van der Waals surface area contributed by atoms with Crippen molar-refractivity contribution < 1.29 is 0 Å². The SMILES string of the molecule is CC(C)C(C)(C)BN. The summed E-state index contributed by atoms with van der Waals surface area (Å²) in [7, 11) is 0.782. The Kier molecular flexibility index (Phi) is 2.55. The molecule has 0 fully saturated rings. The predicted molar refractivity (Wildman–Crippen MR) is 40.2 cm³/mol. The molecular formula is C6H16BN. The minimum absolute atomic E-state index is 0.319. The lowest BCUT2D eigenvalue weighted by Crippen LogP contribution is -2.26. The zero-order chi connectivity index (χ0) is 6.78. The molecule has 8 heavy (non-hydrogen) atoms. The van der Waals surface area contributed by atoms with Crippen LogP contribution in [0, 0.1) is 5.92 Å². The molecule has 0 heterocycles. The summed E-state index contributed by atoms with van der Waals surface area (Å²) in [6.45, 7) is 8.79. The molecule has 2 N–H and O–H groups in total. The molecule has 0 aliphatic heterocycles. The lowest BCUT2D eigenvalue weighted by atomic mass is 9.58. The fraction of sp³-hybridized carbons (Fsp3) is 1.00. The van der Waals surface area contributed by atoms with E-state index in [-0.39, 0.29) is 0 Å². The highest BCUT2D eigenvalue weighted by atomic mass is 14.4. The average molecular weight is 113 g/mol. The molecule has 0 aromatic rings. The summed E-state index contributed by atoms with van der Waals surface area (Å²) < 4.78 is 0. The number of hydrogen-bond donors (Lipinski definition) is 1. The molecule has 0 saturated heterocycles. The van der Waals surface area contributed by atoms with Crippen LogP contribution >= 0.6 is 0 Å². The zero-order valence-electron chi connectivity index (χ0n) is 6.36. The Morgan fingerprint density at radius 3 is 1.75 bits per heavy atom. The molecule has 0 unspecified atom stereocenters. The third-order valence-electron chi connectivity index (χ3n) is 2.09. The highest BCUT2D eigenvalue weighted by molar-refractivity contribution is 6.35. The van der Waals surface area contributed by atoms with E-state index in [0.717, 1.165) is 7.41 Å². The van der Waals surface area contributed by atoms with Crippen molar-refractivity contribution in [3.05, 3.63) is 0 Å². The van der Waals surface area contributed by atoms with E-state index in [1.54, 1.807) is 0 Å². The normalized spacial score (nSPS) is 12.2. The van der Waals surface area contributed by atoms with Crippen LogP contribution in [0.1, 0.15) is 27.7 Å². The second kappa shape index (κ2) is 2.54. The van der Waals surface area contributed by atoms with Crippen molar-refractivity contribution in [3.8, 4) is 0 Å². The van der Waals surface area contributed by atoms with Gasteiger partial charge in [0.15, 0.2) is 0 Å². The van der Waals surface area contributed by atoms with E-state index in [1.807, 2.05) is 0 Å². The average Bonchev–Trinajstić information content (AvgIpc) is 1.67. The van der Waals surface area contributed by atoms with Gasteiger partial charge in [-0.3, -0.25) is 0 Å². The first-order valence-electron chi connectivity index (χ1n) is 3.21. The van der Waals surface area contributed by atoms with Crippen LogP contribution in [0.3, 0.4) is 0 Å². The molecule has 0 aromatic heterocycles. The summed E-state index contributed by atoms with van der Waals surface area (Å²) in [6, 6.07) is 0. The fourth-order valence-electron chi connectivity index (χ4n) is 0.236. The van der Waals surface area contributed by atoms with Gasteiger partial charge in [0.05, 0.1) is 0 Å². The first-order chi connectivity index (χ1) is 3.50. The summed E-state index contributed by atoms with van der Waals surface area (Å²) in [4.78, 5) is 0. The van der Waals surface area contributed by atoms with Crippen LogP contribution in [-0.2, 0) is 0 Å². The van der Waals surface area contributed by atoms with Crippen molar-refractivity contribution in [1.29, 1.82) is 0 Å². The third kappa shape index (κ3) is 1.87. The second-order valence-corrected chi connectivity index (χ2v) is 3.35. The summed E-state index contributed by atoms with van der Waals surface area (Å²) in [6.07, 6.45) is 0. The summed E-state index contributed by atoms with van der Waals surface area (Å²) in [5.74, 6) is 0.687. The largest absolute Gasteiger partial charge is 0.372 e. The van der Waals surface area contributed by atoms with Crippen LogP contribution in [0.25, 0.3) is 0 Å². The van der Waals surface area contributed by atoms with Crippen molar-refractivity contribution >= 4 is 7.41 Å². The summed E-state index contributed by atoms with van der Waals surface area (Å²) in [5, 5.41) is 0.319. The Morgan fingerprint density at radius 2 is 1.75 bits per heavy atom. The van der Waals surface area contributed by atoms with Gasteiger partial charge in [-0.25, -0.2) is 0 Å². The number of nitrogens with two attached hydrogens (primary N) is 1. The molecule has 2 heteroatoms. The van der Waals surface area contributed by atoms with E-state index in [0.29, 0.717) is 11.2 Å². The molecule has 0 bridgehead atoms. The van der Waals surface area contributed by atoms with E-state index in [4.69, 9.17) is 5.64 Å². The van der Waals surface area contributed by atoms with Crippen molar-refractivity contribution in [2.24, 2.45) is 11.6 Å². The molecule has 0 aromatic carbocycles. The maximum atomic E-state index is 5.51. The van der Waals surface area contributed by atoms with Gasteiger partial charge in [-0.15, -0.1) is 0 Å². The maximum absolute atomic E-state index is 5.51. The third-order valence-corrected chi connectivity index (χ3v) is 2.09. The van der Waals surface area contributed by atoms with Gasteiger partial charge in [-0.2, -0.15) is 0 Å². The van der Waals surface area contributed by atoms with E-state index < -0.39 is 0 Å². The molecule has 48 valence electrons. The van der Waals surface area contributed by atoms with Gasteiger partial charge in [0.1, 0.15) is 0 Å². The highest BCUT2D eigenvalue weighted by Crippen LogP contribution is 2.30. The van der Waals surface area contributed by atoms with Crippen LogP contribution in [0.4, 0.5) is 0 Å². The zero-order valence-corrected chi connectivity index (χ0v) is 6.36. The number of rotatable bonds is 2. The Labute approximate surface area is 52.9 Å². The van der Waals surface area contributed by atoms with Gasteiger partial charge in [-0.1, -0.05) is 27.7 Å². The minimum Gasteiger partial charge on any atom is -0.372 e. The Bertz CT molecular complexity index is 68.9. The van der Waals surface area contributed by atoms with E-state index >= 15 is 0 Å². The topological polar surface area (TPSA) is 26.0 Å². The van der Waals surface area contributed by atoms with Crippen LogP contribution in [0.5, 0.6) is 0 Å². The Morgan fingerprint density at radius 1 is 1.38 bits per heavy atom. The number of hydrogen-bond acceptors (Lipinski definition) is 1. The van der Waals surface area contributed by atoms with Gasteiger partial charge in [0, 0.05) is 0 Å². The van der Waals surface area contributed by atoms with Crippen molar-refractivity contribution in [1.82, 2.24) is 0 Å². The first kappa shape index (κ1) is 8.02.